The Morgan fingerprint density at radius 2 is 1.05 bits per heavy atom. The van der Waals surface area contributed by atoms with Crippen molar-refractivity contribution in [2.45, 2.75) is 221 Å². The summed E-state index contributed by atoms with van der Waals surface area (Å²) in [6.45, 7) is 22.1. The first kappa shape index (κ1) is 66.3. The number of esters is 5. The number of rotatable bonds is 11. The Morgan fingerprint density at radius 3 is 1.51 bits per heavy atom. The van der Waals surface area contributed by atoms with Crippen molar-refractivity contribution in [2.75, 3.05) is 0 Å². The summed E-state index contributed by atoms with van der Waals surface area (Å²) in [5.41, 5.74) is -11.8. The monoisotopic (exact) mass is 1230 g/mol. The predicted molar refractivity (Wildman–Crippen MR) is 272 cm³/mol. The van der Waals surface area contributed by atoms with Crippen LogP contribution in [0.3, 0.4) is 0 Å². The van der Waals surface area contributed by atoms with E-state index in [-0.39, 0.29) is 41.6 Å². The van der Waals surface area contributed by atoms with E-state index >= 15 is 0 Å². The van der Waals surface area contributed by atoms with Gasteiger partial charge < -0.3 is 43.7 Å². The Hall–Kier alpha value is -4.69. The lowest BCUT2D eigenvalue weighted by Gasteiger charge is -2.59. The van der Waals surface area contributed by atoms with Crippen molar-refractivity contribution in [2.24, 2.45) is 65.1 Å². The Bertz CT molecular complexity index is 2590. The van der Waals surface area contributed by atoms with Gasteiger partial charge >= 0.3 is 54.6 Å². The Kier molecular flexibility index (Phi) is 17.7. The zero-order chi connectivity index (χ0) is 63.5. The second-order valence-electron chi connectivity index (χ2n) is 26.4. The zero-order valence-corrected chi connectivity index (χ0v) is 47.7. The quantitative estimate of drug-likeness (QED) is 0.0580. The maximum Gasteiger partial charge on any atom is 0.426 e. The number of hydrogen-bond acceptors (Lipinski definition) is 14. The molecule has 3 N–H and O–H groups in total. The molecule has 3 saturated heterocycles. The second-order valence-corrected chi connectivity index (χ2v) is 26.4. The lowest BCUT2D eigenvalue weighted by molar-refractivity contribution is -0.405. The minimum atomic E-state index is -6.59. The van der Waals surface area contributed by atoms with Crippen LogP contribution in [0.4, 0.5) is 52.7 Å². The van der Waals surface area contributed by atoms with E-state index in [4.69, 9.17) is 23.7 Å². The lowest BCUT2D eigenvalue weighted by Crippen LogP contribution is -2.67. The summed E-state index contributed by atoms with van der Waals surface area (Å²) >= 11 is 0. The highest BCUT2D eigenvalue weighted by Gasteiger charge is 2.79. The first-order chi connectivity index (χ1) is 38.9. The van der Waals surface area contributed by atoms with Crippen molar-refractivity contribution in [1.29, 1.82) is 0 Å². The summed E-state index contributed by atoms with van der Waals surface area (Å²) in [4.78, 5) is 58.2. The van der Waals surface area contributed by atoms with Gasteiger partial charge in [0.05, 0.1) is 17.6 Å². The molecule has 3 heterocycles. The van der Waals surface area contributed by atoms with Crippen molar-refractivity contribution in [3.8, 4) is 0 Å². The van der Waals surface area contributed by atoms with Gasteiger partial charge in [-0.1, -0.05) is 33.2 Å². The fourth-order valence-electron chi connectivity index (χ4n) is 17.2. The molecule has 16 atom stereocenters. The van der Waals surface area contributed by atoms with Crippen LogP contribution >= 0.6 is 0 Å². The number of carbonyl (C=O) groups excluding carboxylic acids is 5. The predicted octanol–water partition coefficient (Wildman–Crippen LogP) is 10.9. The third-order valence-corrected chi connectivity index (χ3v) is 20.3. The second kappa shape index (κ2) is 22.7. The average Bonchev–Trinajstić information content (AvgIpc) is 1.67. The number of alkyl halides is 12. The van der Waals surface area contributed by atoms with Crippen LogP contribution in [0.2, 0.25) is 0 Å². The molecule has 0 radical (unpaired) electrons. The van der Waals surface area contributed by atoms with E-state index in [1.807, 2.05) is 0 Å². The molecule has 9 saturated carbocycles. The van der Waals surface area contributed by atoms with Crippen molar-refractivity contribution in [3.05, 3.63) is 48.6 Å². The van der Waals surface area contributed by atoms with E-state index in [1.54, 1.807) is 20.8 Å². The van der Waals surface area contributed by atoms with Crippen LogP contribution in [0.1, 0.15) is 137 Å². The normalized spacial score (nSPS) is 38.8. The van der Waals surface area contributed by atoms with E-state index in [0.717, 1.165) is 75.0 Å². The third-order valence-electron chi connectivity index (χ3n) is 20.3. The summed E-state index contributed by atoms with van der Waals surface area (Å²) in [7, 11) is 0. The van der Waals surface area contributed by atoms with Gasteiger partial charge in [0.15, 0.2) is 12.2 Å². The van der Waals surface area contributed by atoms with Crippen molar-refractivity contribution >= 4 is 29.8 Å². The van der Waals surface area contributed by atoms with Crippen LogP contribution in [0.5, 0.6) is 0 Å². The summed E-state index contributed by atoms with van der Waals surface area (Å²) < 4.78 is 190. The molecule has 12 aliphatic rings. The first-order valence-electron chi connectivity index (χ1n) is 28.7. The van der Waals surface area contributed by atoms with Gasteiger partial charge in [-0.15, -0.1) is 0 Å². The number of aliphatic hydroxyl groups is 3. The fourth-order valence-corrected chi connectivity index (χ4v) is 17.2. The summed E-state index contributed by atoms with van der Waals surface area (Å²) in [6, 6.07) is 0. The summed E-state index contributed by atoms with van der Waals surface area (Å²) in [5, 5.41) is 29.5. The molecule has 10 bridgehead atoms. The number of hydrogen-bond donors (Lipinski definition) is 3. The van der Waals surface area contributed by atoms with Crippen molar-refractivity contribution in [1.82, 2.24) is 0 Å². The first-order valence-corrected chi connectivity index (χ1v) is 28.7. The molecule has 12 rings (SSSR count). The SMILES string of the molecule is C=C(C)C(=O)OC1(CC)CC2CC1C1C3CCC(C3)C21.C=C(C)C(=O)OC12CC3CC(CC(O)(C3)C1)C2.C=C(C)C(=O)OC1C2CC3C(=O)OC1C3O2.C=C(C)C(=O)OC1CC(C(O)(C(F)(F)F)C(F)(F)F)CC(C(O)(C(F)(F)F)C(F)(F)F)C1. The molecule has 3 aliphatic heterocycles. The zero-order valence-electron chi connectivity index (χ0n) is 47.7. The topological polar surface area (TPSA) is 201 Å². The summed E-state index contributed by atoms with van der Waals surface area (Å²) in [5.74, 6) is -3.27. The average molecular weight is 1240 g/mol. The highest BCUT2D eigenvalue weighted by Crippen LogP contribution is 2.71. The maximum atomic E-state index is 13.2. The number of halogens is 12. The minimum Gasteiger partial charge on any atom is -0.459 e. The molecule has 26 heteroatoms. The van der Waals surface area contributed by atoms with Gasteiger partial charge in [0.1, 0.15) is 23.4 Å². The van der Waals surface area contributed by atoms with Crippen LogP contribution in [0.15, 0.2) is 48.6 Å². The van der Waals surface area contributed by atoms with Gasteiger partial charge in [-0.2, -0.15) is 52.7 Å². The molecular weight excluding hydrogens is 1160 g/mol. The van der Waals surface area contributed by atoms with Crippen molar-refractivity contribution < 1.29 is 120 Å². The molecule has 16 unspecified atom stereocenters. The van der Waals surface area contributed by atoms with E-state index in [2.05, 4.69) is 38.0 Å². The molecule has 0 aromatic carbocycles. The van der Waals surface area contributed by atoms with Gasteiger partial charge in [-0.25, -0.2) is 19.2 Å². The van der Waals surface area contributed by atoms with Crippen LogP contribution in [0.25, 0.3) is 0 Å². The number of fused-ring (bicyclic) bond motifs is 10. The van der Waals surface area contributed by atoms with Gasteiger partial charge in [-0.3, -0.25) is 4.79 Å². The van der Waals surface area contributed by atoms with Gasteiger partial charge in [-0.05, 0) is 165 Å². The summed E-state index contributed by atoms with van der Waals surface area (Å²) in [6.07, 6.45) is -21.5. The van der Waals surface area contributed by atoms with Gasteiger partial charge in [0.2, 0.25) is 0 Å². The highest BCUT2D eigenvalue weighted by atomic mass is 19.4. The fraction of sp³-hybridized carbons (Fsp3) is 0.780. The van der Waals surface area contributed by atoms with Gasteiger partial charge in [0.25, 0.3) is 11.2 Å². The van der Waals surface area contributed by atoms with Crippen LogP contribution in [-0.2, 0) is 52.4 Å². The minimum absolute atomic E-state index is 0.158. The molecule has 12 fully saturated rings. The molecule has 9 aliphatic carbocycles. The smallest absolute Gasteiger partial charge is 0.426 e. The Morgan fingerprint density at radius 1 is 0.576 bits per heavy atom. The van der Waals surface area contributed by atoms with E-state index in [1.165, 1.54) is 32.1 Å². The molecule has 0 amide bonds. The van der Waals surface area contributed by atoms with Gasteiger partial charge in [0, 0.05) is 46.5 Å². The number of ether oxygens (including phenoxy) is 6. The lowest BCUT2D eigenvalue weighted by atomic mass is 9.52. The molecule has 0 spiro atoms. The Balaban J connectivity index is 0.000000153. The van der Waals surface area contributed by atoms with E-state index in [0.29, 0.717) is 47.3 Å². The molecule has 14 nitrogen and oxygen atoms in total. The van der Waals surface area contributed by atoms with Crippen LogP contribution in [-0.4, -0.2) is 128 Å². The van der Waals surface area contributed by atoms with Crippen molar-refractivity contribution in [3.63, 3.8) is 0 Å². The molecule has 0 aromatic heterocycles. The Labute approximate surface area is 483 Å². The van der Waals surface area contributed by atoms with E-state index in [9.17, 15) is 92.0 Å². The van der Waals surface area contributed by atoms with Crippen LogP contribution < -0.4 is 0 Å². The molecule has 85 heavy (non-hydrogen) atoms. The molecule has 0 aromatic rings. The molecular formula is C59H74F12O14. The standard InChI is InChI=1S/C18H26O2.C16H16F12O4.C14H20O3.C11H12O5/c1-4-18(20-17(19)10(2)3)9-13-8-14(18)16-12-6-5-11(7-12)15(13)16;1-6(2)10(29)32-9-4-7(11(30,13(17,18)19)14(20,21)22)3-8(5-9)12(31,15(23,24)25)16(26,27)28;1-9(2)12(15)17-14-6-10-3-11(7-14)5-13(16,4-10)8-14;1-4(2)10(12)15-8-6-3-5-7(14-6)9(8)16-11(5)13/h11-16H,2,4-9H2,1,3H3;7-9,30-31H,1,3-5H2,2H3;10-11,16H,1,3-8H2,2H3;5-9H,1,3H2,2H3. The maximum absolute atomic E-state index is 13.2. The largest absolute Gasteiger partial charge is 0.459 e. The van der Waals surface area contributed by atoms with E-state index < -0.39 is 114 Å². The highest BCUT2D eigenvalue weighted by molar-refractivity contribution is 5.88. The number of carbonyl (C=O) groups is 5. The molecule has 478 valence electrons. The van der Waals surface area contributed by atoms with Crippen LogP contribution in [0, 0.1) is 65.1 Å². The third kappa shape index (κ3) is 12.1.